The average Bonchev–Trinajstić information content (AvgIpc) is 2.66. The largest absolute Gasteiger partial charge is 0.480 e. The van der Waals surface area contributed by atoms with E-state index in [4.69, 9.17) is 10.2 Å². The molecule has 0 bridgehead atoms. The number of nitrogens with one attached hydrogen (secondary N) is 2. The summed E-state index contributed by atoms with van der Waals surface area (Å²) in [5.74, 6) is -1.76. The molecule has 9 heteroatoms. The van der Waals surface area contributed by atoms with Gasteiger partial charge in [0.05, 0.1) is 13.0 Å². The molecule has 1 unspecified atom stereocenters. The maximum Gasteiger partial charge on any atom is 0.328 e. The highest BCUT2D eigenvalue weighted by Crippen LogP contribution is 1.88. The van der Waals surface area contributed by atoms with Crippen LogP contribution in [0, 0.1) is 0 Å². The molecule has 1 amide bonds. The first-order valence-electron chi connectivity index (χ1n) is 3.99. The summed E-state index contributed by atoms with van der Waals surface area (Å²) in [4.78, 5) is 21.6. The zero-order chi connectivity index (χ0) is 11.3. The minimum atomic E-state index is -1.32. The van der Waals surface area contributed by atoms with Crippen molar-refractivity contribution in [2.75, 3.05) is 6.61 Å². The number of carboxylic acid groups (broad SMARTS) is 1. The van der Waals surface area contributed by atoms with Crippen molar-refractivity contribution >= 4 is 11.9 Å². The summed E-state index contributed by atoms with van der Waals surface area (Å²) in [5.41, 5.74) is 0. The summed E-state index contributed by atoms with van der Waals surface area (Å²) in [6.45, 7) is -0.673. The van der Waals surface area contributed by atoms with Crippen LogP contribution >= 0.6 is 0 Å². The Morgan fingerprint density at radius 3 is 2.73 bits per heavy atom. The number of aliphatic hydroxyl groups excluding tert-OH is 1. The van der Waals surface area contributed by atoms with Gasteiger partial charge in [0.1, 0.15) is 6.04 Å². The molecule has 1 atom stereocenters. The van der Waals surface area contributed by atoms with E-state index >= 15 is 0 Å². The number of aliphatic hydroxyl groups is 1. The second kappa shape index (κ2) is 5.00. The summed E-state index contributed by atoms with van der Waals surface area (Å²) in [6.07, 6.45) is -0.194. The van der Waals surface area contributed by atoms with Crippen LogP contribution < -0.4 is 5.32 Å². The number of hydrogen-bond acceptors (Lipinski definition) is 6. The second-order valence-electron chi connectivity index (χ2n) is 2.65. The van der Waals surface area contributed by atoms with E-state index in [0.29, 0.717) is 0 Å². The van der Waals surface area contributed by atoms with Gasteiger partial charge in [-0.05, 0) is 0 Å². The molecule has 0 spiro atoms. The first-order chi connectivity index (χ1) is 7.13. The molecule has 15 heavy (non-hydrogen) atoms. The summed E-state index contributed by atoms with van der Waals surface area (Å²) in [5, 5.41) is 31.7. The molecule has 1 rings (SSSR count). The maximum absolute atomic E-state index is 11.2. The number of H-pyrrole nitrogens is 1. The van der Waals surface area contributed by atoms with Crippen molar-refractivity contribution in [2.24, 2.45) is 0 Å². The van der Waals surface area contributed by atoms with Gasteiger partial charge in [-0.2, -0.15) is 5.21 Å². The number of tetrazole rings is 1. The molecule has 0 saturated carbocycles. The molecule has 1 aromatic heterocycles. The minimum Gasteiger partial charge on any atom is -0.480 e. The van der Waals surface area contributed by atoms with Gasteiger partial charge in [0.2, 0.25) is 5.91 Å². The first kappa shape index (κ1) is 11.0. The van der Waals surface area contributed by atoms with E-state index < -0.39 is 24.5 Å². The number of amides is 1. The monoisotopic (exact) mass is 215 g/mol. The Balaban J connectivity index is 2.45. The van der Waals surface area contributed by atoms with Crippen molar-refractivity contribution < 1.29 is 19.8 Å². The number of hydrogen-bond donors (Lipinski definition) is 4. The van der Waals surface area contributed by atoms with E-state index in [0.717, 1.165) is 0 Å². The lowest BCUT2D eigenvalue weighted by atomic mass is 10.3. The van der Waals surface area contributed by atoms with E-state index in [2.05, 4.69) is 25.9 Å². The van der Waals surface area contributed by atoms with Crippen LogP contribution in [0.5, 0.6) is 0 Å². The predicted molar refractivity (Wildman–Crippen MR) is 44.5 cm³/mol. The van der Waals surface area contributed by atoms with Crippen LogP contribution in [0.4, 0.5) is 0 Å². The third-order valence-electron chi connectivity index (χ3n) is 1.52. The van der Waals surface area contributed by atoms with Crippen molar-refractivity contribution in [3.8, 4) is 0 Å². The Morgan fingerprint density at radius 2 is 2.27 bits per heavy atom. The smallest absolute Gasteiger partial charge is 0.328 e. The summed E-state index contributed by atoms with van der Waals surface area (Å²) in [7, 11) is 0. The molecule has 82 valence electrons. The van der Waals surface area contributed by atoms with Crippen LogP contribution in [0.2, 0.25) is 0 Å². The molecule has 0 aromatic carbocycles. The third-order valence-corrected chi connectivity index (χ3v) is 1.52. The second-order valence-corrected chi connectivity index (χ2v) is 2.65. The van der Waals surface area contributed by atoms with E-state index in [1.165, 1.54) is 0 Å². The number of carbonyl (C=O) groups is 2. The number of aliphatic carboxylic acids is 1. The van der Waals surface area contributed by atoms with Crippen molar-refractivity contribution in [1.29, 1.82) is 0 Å². The minimum absolute atomic E-state index is 0.148. The van der Waals surface area contributed by atoms with Gasteiger partial charge >= 0.3 is 5.97 Å². The zero-order valence-electron chi connectivity index (χ0n) is 7.54. The van der Waals surface area contributed by atoms with Gasteiger partial charge in [0, 0.05) is 0 Å². The third kappa shape index (κ3) is 3.31. The zero-order valence-corrected chi connectivity index (χ0v) is 7.54. The molecule has 0 aliphatic carbocycles. The lowest BCUT2D eigenvalue weighted by molar-refractivity contribution is -0.142. The fraction of sp³-hybridized carbons (Fsp3) is 0.500. The van der Waals surface area contributed by atoms with Crippen molar-refractivity contribution in [2.45, 2.75) is 12.5 Å². The fourth-order valence-corrected chi connectivity index (χ4v) is 0.832. The molecular formula is C6H9N5O4. The number of aromatic amines is 1. The lowest BCUT2D eigenvalue weighted by Gasteiger charge is -2.10. The van der Waals surface area contributed by atoms with Gasteiger partial charge < -0.3 is 15.5 Å². The van der Waals surface area contributed by atoms with E-state index in [1.54, 1.807) is 0 Å². The Labute approximate surface area is 83.5 Å². The van der Waals surface area contributed by atoms with Gasteiger partial charge in [-0.3, -0.25) is 4.79 Å². The van der Waals surface area contributed by atoms with Crippen LogP contribution in [-0.2, 0) is 16.0 Å². The quantitative estimate of drug-likeness (QED) is 0.418. The molecule has 0 saturated heterocycles. The number of nitrogens with zero attached hydrogens (tertiary/aromatic N) is 3. The number of aromatic nitrogens is 4. The van der Waals surface area contributed by atoms with Gasteiger partial charge in [-0.15, -0.1) is 10.2 Å². The van der Waals surface area contributed by atoms with Crippen LogP contribution in [0.3, 0.4) is 0 Å². The Kier molecular flexibility index (Phi) is 3.68. The highest BCUT2D eigenvalue weighted by atomic mass is 16.4. The summed E-state index contributed by atoms with van der Waals surface area (Å²) < 4.78 is 0. The lowest BCUT2D eigenvalue weighted by Crippen LogP contribution is -2.44. The fourth-order valence-electron chi connectivity index (χ4n) is 0.832. The average molecular weight is 215 g/mol. The van der Waals surface area contributed by atoms with E-state index in [9.17, 15) is 9.59 Å². The normalized spacial score (nSPS) is 12.1. The van der Waals surface area contributed by atoms with Crippen LogP contribution in [0.15, 0.2) is 0 Å². The van der Waals surface area contributed by atoms with Crippen molar-refractivity contribution in [1.82, 2.24) is 25.9 Å². The van der Waals surface area contributed by atoms with Gasteiger partial charge in [-0.25, -0.2) is 4.79 Å². The molecule has 0 aliphatic heterocycles. The highest BCUT2D eigenvalue weighted by Gasteiger charge is 2.19. The van der Waals surface area contributed by atoms with Crippen LogP contribution in [0.1, 0.15) is 5.82 Å². The SMILES string of the molecule is O=C(Cc1nn[nH]n1)NC(CO)C(=O)O. The van der Waals surface area contributed by atoms with E-state index in [-0.39, 0.29) is 12.2 Å². The molecule has 9 nitrogen and oxygen atoms in total. The molecule has 1 heterocycles. The standard InChI is InChI=1S/C6H9N5O4/c12-2-3(6(14)15)7-5(13)1-4-8-10-11-9-4/h3,12H,1-2H2,(H,7,13)(H,14,15)(H,8,9,10,11). The predicted octanol–water partition coefficient (Wildman–Crippen LogP) is -2.70. The number of rotatable bonds is 5. The van der Waals surface area contributed by atoms with Gasteiger partial charge in [0.15, 0.2) is 5.82 Å². The molecule has 0 fully saturated rings. The number of carboxylic acids is 1. The van der Waals surface area contributed by atoms with Crippen LogP contribution in [0.25, 0.3) is 0 Å². The summed E-state index contributed by atoms with van der Waals surface area (Å²) in [6, 6.07) is -1.32. The molecule has 1 aromatic rings. The summed E-state index contributed by atoms with van der Waals surface area (Å²) >= 11 is 0. The Morgan fingerprint density at radius 1 is 1.53 bits per heavy atom. The van der Waals surface area contributed by atoms with Crippen molar-refractivity contribution in [3.63, 3.8) is 0 Å². The molecule has 4 N–H and O–H groups in total. The molecule has 0 radical (unpaired) electrons. The van der Waals surface area contributed by atoms with Crippen LogP contribution in [-0.4, -0.2) is 55.4 Å². The molecular weight excluding hydrogens is 206 g/mol. The first-order valence-corrected chi connectivity index (χ1v) is 3.99. The Hall–Kier alpha value is -2.03. The molecule has 0 aliphatic rings. The topological polar surface area (TPSA) is 141 Å². The maximum atomic E-state index is 11.2. The number of carbonyl (C=O) groups excluding carboxylic acids is 1. The van der Waals surface area contributed by atoms with Crippen molar-refractivity contribution in [3.05, 3.63) is 5.82 Å². The van der Waals surface area contributed by atoms with E-state index in [1.807, 2.05) is 0 Å². The highest BCUT2D eigenvalue weighted by molar-refractivity contribution is 5.84. The Bertz CT molecular complexity index is 337. The van der Waals surface area contributed by atoms with Gasteiger partial charge in [-0.1, -0.05) is 5.21 Å². The van der Waals surface area contributed by atoms with Gasteiger partial charge in [0.25, 0.3) is 0 Å².